The van der Waals surface area contributed by atoms with Crippen LogP contribution >= 0.6 is 11.8 Å². The molecule has 0 bridgehead atoms. The molecule has 144 valence electrons. The van der Waals surface area contributed by atoms with Gasteiger partial charge in [-0.2, -0.15) is 0 Å². The van der Waals surface area contributed by atoms with Gasteiger partial charge in [0, 0.05) is 11.1 Å². The van der Waals surface area contributed by atoms with E-state index in [-0.39, 0.29) is 17.1 Å². The van der Waals surface area contributed by atoms with E-state index in [4.69, 9.17) is 4.74 Å². The summed E-state index contributed by atoms with van der Waals surface area (Å²) in [7, 11) is 0. The zero-order valence-electron chi connectivity index (χ0n) is 16.1. The summed E-state index contributed by atoms with van der Waals surface area (Å²) in [4.78, 5) is 28.9. The van der Waals surface area contributed by atoms with Crippen LogP contribution in [0.4, 0.5) is 5.69 Å². The van der Waals surface area contributed by atoms with Crippen LogP contribution in [0.5, 0.6) is 0 Å². The summed E-state index contributed by atoms with van der Waals surface area (Å²) in [5, 5.41) is 4.48. The summed E-state index contributed by atoms with van der Waals surface area (Å²) in [5.74, 6) is -0.497. The number of carbonyl (C=O) groups excluding carboxylic acids is 2. The van der Waals surface area contributed by atoms with Crippen LogP contribution in [0.1, 0.15) is 29.8 Å². The maximum absolute atomic E-state index is 12.5. The van der Waals surface area contributed by atoms with Gasteiger partial charge in [-0.15, -0.1) is 0 Å². The van der Waals surface area contributed by atoms with Gasteiger partial charge >= 0.3 is 5.97 Å². The van der Waals surface area contributed by atoms with Crippen molar-refractivity contribution in [3.05, 3.63) is 65.7 Å². The Bertz CT molecular complexity index is 1000. The van der Waals surface area contributed by atoms with E-state index in [9.17, 15) is 9.59 Å². The summed E-state index contributed by atoms with van der Waals surface area (Å²) in [6, 6.07) is 16.6. The predicted octanol–water partition coefficient (Wildman–Crippen LogP) is 4.84. The van der Waals surface area contributed by atoms with E-state index in [0.29, 0.717) is 17.9 Å². The van der Waals surface area contributed by atoms with Crippen LogP contribution in [0, 0.1) is 6.92 Å². The van der Waals surface area contributed by atoms with Crippen molar-refractivity contribution >= 4 is 40.2 Å². The van der Waals surface area contributed by atoms with Crippen LogP contribution in [0.3, 0.4) is 0 Å². The third kappa shape index (κ3) is 4.70. The van der Waals surface area contributed by atoms with E-state index < -0.39 is 0 Å². The molecule has 1 atom stereocenters. The standard InChI is InChI=1S/C22H22N2O3S/c1-4-27-22(26)16-9-11-17(12-10-16)23-21(25)15(3)28-20-13-14(2)18-7-5-6-8-19(18)24-20/h5-13,15H,4H2,1-3H3,(H,23,25). The van der Waals surface area contributed by atoms with Crippen LogP contribution < -0.4 is 5.32 Å². The number of benzene rings is 2. The minimum atomic E-state index is -0.373. The van der Waals surface area contributed by atoms with E-state index in [1.54, 1.807) is 31.2 Å². The van der Waals surface area contributed by atoms with E-state index in [1.165, 1.54) is 11.8 Å². The van der Waals surface area contributed by atoms with E-state index in [1.807, 2.05) is 44.2 Å². The number of amides is 1. The fraction of sp³-hybridized carbons (Fsp3) is 0.227. The fourth-order valence-electron chi connectivity index (χ4n) is 2.76. The lowest BCUT2D eigenvalue weighted by Gasteiger charge is -2.13. The summed E-state index contributed by atoms with van der Waals surface area (Å²) in [6.07, 6.45) is 0. The molecule has 1 aromatic heterocycles. The zero-order chi connectivity index (χ0) is 20.1. The first-order valence-electron chi connectivity index (χ1n) is 9.09. The molecule has 0 fully saturated rings. The Morgan fingerprint density at radius 2 is 1.86 bits per heavy atom. The second kappa shape index (κ2) is 8.89. The number of esters is 1. The number of hydrogen-bond donors (Lipinski definition) is 1. The van der Waals surface area contributed by atoms with Crippen LogP contribution in [0.15, 0.2) is 59.6 Å². The number of carbonyl (C=O) groups is 2. The average Bonchev–Trinajstić information content (AvgIpc) is 2.68. The molecule has 0 aliphatic heterocycles. The number of ether oxygens (including phenoxy) is 1. The second-order valence-electron chi connectivity index (χ2n) is 6.34. The lowest BCUT2D eigenvalue weighted by Crippen LogP contribution is -2.22. The minimum absolute atomic E-state index is 0.124. The lowest BCUT2D eigenvalue weighted by molar-refractivity contribution is -0.115. The van der Waals surface area contributed by atoms with Crippen LogP contribution in [-0.2, 0) is 9.53 Å². The summed E-state index contributed by atoms with van der Waals surface area (Å²) < 4.78 is 4.96. The molecule has 1 N–H and O–H groups in total. The Hall–Kier alpha value is -2.86. The Kier molecular flexibility index (Phi) is 6.31. The van der Waals surface area contributed by atoms with Gasteiger partial charge in [-0.3, -0.25) is 4.79 Å². The first-order valence-corrected chi connectivity index (χ1v) is 9.97. The molecule has 2 aromatic carbocycles. The Morgan fingerprint density at radius 3 is 2.57 bits per heavy atom. The average molecular weight is 394 g/mol. The predicted molar refractivity (Wildman–Crippen MR) is 113 cm³/mol. The monoisotopic (exact) mass is 394 g/mol. The van der Waals surface area contributed by atoms with Crippen LogP contribution in [0.25, 0.3) is 10.9 Å². The molecule has 28 heavy (non-hydrogen) atoms. The van der Waals surface area contributed by atoms with Gasteiger partial charge in [0.05, 0.1) is 28.0 Å². The third-order valence-corrected chi connectivity index (χ3v) is 5.25. The van der Waals surface area contributed by atoms with E-state index in [2.05, 4.69) is 10.3 Å². The molecular weight excluding hydrogens is 372 g/mol. The smallest absolute Gasteiger partial charge is 0.338 e. The highest BCUT2D eigenvalue weighted by atomic mass is 32.2. The maximum Gasteiger partial charge on any atom is 0.338 e. The van der Waals surface area contributed by atoms with Crippen molar-refractivity contribution in [3.8, 4) is 0 Å². The number of anilines is 1. The van der Waals surface area contributed by atoms with Crippen LogP contribution in [-0.4, -0.2) is 28.7 Å². The Balaban J connectivity index is 1.65. The highest BCUT2D eigenvalue weighted by molar-refractivity contribution is 8.00. The van der Waals surface area contributed by atoms with Crippen molar-refractivity contribution < 1.29 is 14.3 Å². The summed E-state index contributed by atoms with van der Waals surface area (Å²) in [5.41, 5.74) is 3.15. The molecule has 0 saturated carbocycles. The van der Waals surface area contributed by atoms with Gasteiger partial charge in [-0.1, -0.05) is 30.0 Å². The second-order valence-corrected chi connectivity index (χ2v) is 7.70. The minimum Gasteiger partial charge on any atom is -0.462 e. The molecule has 6 heteroatoms. The quantitative estimate of drug-likeness (QED) is 0.479. The fourth-order valence-corrected chi connectivity index (χ4v) is 3.69. The van der Waals surface area contributed by atoms with Crippen molar-refractivity contribution in [2.75, 3.05) is 11.9 Å². The highest BCUT2D eigenvalue weighted by Gasteiger charge is 2.16. The number of aryl methyl sites for hydroxylation is 1. The van der Waals surface area contributed by atoms with Crippen molar-refractivity contribution in [2.45, 2.75) is 31.0 Å². The first kappa shape index (κ1) is 19.9. The molecule has 0 saturated heterocycles. The van der Waals surface area contributed by atoms with E-state index >= 15 is 0 Å². The van der Waals surface area contributed by atoms with Gasteiger partial charge in [0.2, 0.25) is 5.91 Å². The zero-order valence-corrected chi connectivity index (χ0v) is 16.9. The third-order valence-electron chi connectivity index (χ3n) is 4.23. The molecule has 5 nitrogen and oxygen atoms in total. The molecule has 0 aliphatic carbocycles. The van der Waals surface area contributed by atoms with Crippen molar-refractivity contribution in [1.82, 2.24) is 4.98 Å². The van der Waals surface area contributed by atoms with Gasteiger partial charge in [0.25, 0.3) is 0 Å². The van der Waals surface area contributed by atoms with Gasteiger partial charge in [0.15, 0.2) is 0 Å². The number of hydrogen-bond acceptors (Lipinski definition) is 5. The largest absolute Gasteiger partial charge is 0.462 e. The first-order chi connectivity index (χ1) is 13.5. The number of pyridine rings is 1. The normalized spacial score (nSPS) is 11.8. The van der Waals surface area contributed by atoms with Crippen molar-refractivity contribution in [2.24, 2.45) is 0 Å². The number of nitrogens with one attached hydrogen (secondary N) is 1. The molecule has 1 amide bonds. The molecular formula is C22H22N2O3S. The topological polar surface area (TPSA) is 68.3 Å². The van der Waals surface area contributed by atoms with Gasteiger partial charge in [-0.05, 0) is 62.7 Å². The van der Waals surface area contributed by atoms with Crippen molar-refractivity contribution in [1.29, 1.82) is 0 Å². The molecule has 3 aromatic rings. The van der Waals surface area contributed by atoms with E-state index in [0.717, 1.165) is 21.5 Å². The Morgan fingerprint density at radius 1 is 1.14 bits per heavy atom. The molecule has 1 heterocycles. The lowest BCUT2D eigenvalue weighted by atomic mass is 10.1. The molecule has 0 spiro atoms. The SMILES string of the molecule is CCOC(=O)c1ccc(NC(=O)C(C)Sc2cc(C)c3ccccc3n2)cc1. The summed E-state index contributed by atoms with van der Waals surface area (Å²) in [6.45, 7) is 5.98. The number of aromatic nitrogens is 1. The molecule has 0 radical (unpaired) electrons. The Labute approximate surface area is 168 Å². The van der Waals surface area contributed by atoms with Gasteiger partial charge < -0.3 is 10.1 Å². The molecule has 1 unspecified atom stereocenters. The number of fused-ring (bicyclic) bond motifs is 1. The number of thioether (sulfide) groups is 1. The van der Waals surface area contributed by atoms with Gasteiger partial charge in [-0.25, -0.2) is 9.78 Å². The number of nitrogens with zero attached hydrogens (tertiary/aromatic N) is 1. The number of para-hydroxylation sites is 1. The summed E-state index contributed by atoms with van der Waals surface area (Å²) >= 11 is 1.42. The number of rotatable bonds is 6. The molecule has 3 rings (SSSR count). The van der Waals surface area contributed by atoms with Crippen molar-refractivity contribution in [3.63, 3.8) is 0 Å². The molecule has 0 aliphatic rings. The maximum atomic E-state index is 12.5. The van der Waals surface area contributed by atoms with Crippen LogP contribution in [0.2, 0.25) is 0 Å². The van der Waals surface area contributed by atoms with Gasteiger partial charge in [0.1, 0.15) is 0 Å². The highest BCUT2D eigenvalue weighted by Crippen LogP contribution is 2.27.